The molecule has 5 rings (SSSR count). The quantitative estimate of drug-likeness (QED) is 0.684. The highest BCUT2D eigenvalue weighted by atomic mass is 16.5. The van der Waals surface area contributed by atoms with Crippen molar-refractivity contribution in [3.63, 3.8) is 0 Å². The third kappa shape index (κ3) is 3.07. The van der Waals surface area contributed by atoms with Crippen molar-refractivity contribution < 1.29 is 9.53 Å². The lowest BCUT2D eigenvalue weighted by Crippen LogP contribution is -2.51. The summed E-state index contributed by atoms with van der Waals surface area (Å²) in [6.45, 7) is 7.31. The molecule has 2 aromatic carbocycles. The predicted molar refractivity (Wildman–Crippen MR) is 120 cm³/mol. The van der Waals surface area contributed by atoms with Gasteiger partial charge in [0.05, 0.1) is 6.57 Å². The second-order valence-electron chi connectivity index (χ2n) is 8.94. The Hall–Kier alpha value is -3.33. The third-order valence-corrected chi connectivity index (χ3v) is 6.96. The van der Waals surface area contributed by atoms with Crippen molar-refractivity contribution in [1.29, 1.82) is 0 Å². The summed E-state index contributed by atoms with van der Waals surface area (Å²) in [5.41, 5.74) is 7.92. The van der Waals surface area contributed by atoms with E-state index in [9.17, 15) is 4.79 Å². The lowest BCUT2D eigenvalue weighted by molar-refractivity contribution is -0.134. The first kappa shape index (κ1) is 19.6. The summed E-state index contributed by atoms with van der Waals surface area (Å²) in [6, 6.07) is 13.4. The van der Waals surface area contributed by atoms with Crippen molar-refractivity contribution in [3.05, 3.63) is 59.4 Å². The number of rotatable bonds is 1. The van der Waals surface area contributed by atoms with E-state index in [0.717, 1.165) is 48.1 Å². The van der Waals surface area contributed by atoms with Crippen LogP contribution in [-0.4, -0.2) is 29.4 Å². The summed E-state index contributed by atoms with van der Waals surface area (Å²) < 4.78 is 6.65. The van der Waals surface area contributed by atoms with Crippen LogP contribution in [0.5, 0.6) is 5.75 Å². The third-order valence-electron chi connectivity index (χ3n) is 6.96. The minimum atomic E-state index is -1.05. The van der Waals surface area contributed by atoms with Crippen molar-refractivity contribution in [3.8, 4) is 16.9 Å². The Labute approximate surface area is 182 Å². The highest BCUT2D eigenvalue weighted by Crippen LogP contribution is 2.53. The smallest absolute Gasteiger partial charge is 0.261 e. The number of aliphatic imine (C=N–C) groups is 1. The van der Waals surface area contributed by atoms with Gasteiger partial charge in [-0.1, -0.05) is 37.1 Å². The molecule has 1 atom stereocenters. The number of ether oxygens (including phenoxy) is 1. The Balaban J connectivity index is 1.67. The van der Waals surface area contributed by atoms with Gasteiger partial charge in [0.1, 0.15) is 11.4 Å². The van der Waals surface area contributed by atoms with Gasteiger partial charge in [0.25, 0.3) is 5.91 Å². The Morgan fingerprint density at radius 2 is 1.84 bits per heavy atom. The second-order valence-corrected chi connectivity index (χ2v) is 8.94. The molecule has 1 fully saturated rings. The maximum atomic E-state index is 13.6. The van der Waals surface area contributed by atoms with E-state index in [4.69, 9.17) is 22.0 Å². The number of hydrogen-bond acceptors (Lipinski definition) is 4. The molecule has 2 spiro atoms. The van der Waals surface area contributed by atoms with Gasteiger partial charge in [0.2, 0.25) is 0 Å². The SMILES string of the molecule is [C-]#[N+]c1cccc(-c2ccc3c(c2)C2(CC4(CCCCCC4)O3)N=C(N)N(C)C2=O)c1. The van der Waals surface area contributed by atoms with E-state index in [0.29, 0.717) is 12.1 Å². The maximum Gasteiger partial charge on any atom is 0.261 e. The van der Waals surface area contributed by atoms with Gasteiger partial charge in [-0.15, -0.1) is 0 Å². The molecule has 0 bridgehead atoms. The van der Waals surface area contributed by atoms with Crippen LogP contribution in [0.3, 0.4) is 0 Å². The molecule has 3 aliphatic rings. The minimum absolute atomic E-state index is 0.0924. The monoisotopic (exact) mass is 414 g/mol. The van der Waals surface area contributed by atoms with Crippen molar-refractivity contribution in [1.82, 2.24) is 4.90 Å². The summed E-state index contributed by atoms with van der Waals surface area (Å²) >= 11 is 0. The van der Waals surface area contributed by atoms with Crippen LogP contribution in [0.4, 0.5) is 5.69 Å². The van der Waals surface area contributed by atoms with Crippen LogP contribution in [0.2, 0.25) is 0 Å². The van der Waals surface area contributed by atoms with Gasteiger partial charge in [-0.25, -0.2) is 9.84 Å². The number of fused-ring (bicyclic) bond motifs is 2. The molecule has 6 heteroatoms. The molecule has 31 heavy (non-hydrogen) atoms. The number of carbonyl (C=O) groups excluding carboxylic acids is 1. The van der Waals surface area contributed by atoms with Gasteiger partial charge in [-0.05, 0) is 55.0 Å². The number of guanidine groups is 1. The van der Waals surface area contributed by atoms with E-state index in [1.54, 1.807) is 13.1 Å². The number of carbonyl (C=O) groups is 1. The standard InChI is InChI=1S/C25H26N4O2/c1-27-19-9-7-8-17(14-19)18-10-11-21-20(15-18)25(22(30)29(2)23(26)28-25)16-24(31-21)12-5-3-4-6-13-24/h7-11,14-15H,3-6,12-13,16H2,2H3,(H2,26,28). The molecule has 1 saturated carbocycles. The van der Waals surface area contributed by atoms with E-state index in [1.165, 1.54) is 17.7 Å². The lowest BCUT2D eigenvalue weighted by Gasteiger charge is -2.45. The summed E-state index contributed by atoms with van der Waals surface area (Å²) in [7, 11) is 1.69. The van der Waals surface area contributed by atoms with Crippen molar-refractivity contribution in [2.75, 3.05) is 7.05 Å². The normalized spacial score (nSPS) is 24.3. The van der Waals surface area contributed by atoms with Gasteiger partial charge in [-0.3, -0.25) is 9.69 Å². The lowest BCUT2D eigenvalue weighted by atomic mass is 9.73. The van der Waals surface area contributed by atoms with Gasteiger partial charge in [0, 0.05) is 19.0 Å². The fourth-order valence-corrected chi connectivity index (χ4v) is 5.35. The first-order valence-corrected chi connectivity index (χ1v) is 10.9. The molecule has 2 N–H and O–H groups in total. The van der Waals surface area contributed by atoms with E-state index < -0.39 is 5.54 Å². The topological polar surface area (TPSA) is 72.3 Å². The molecule has 1 aliphatic carbocycles. The maximum absolute atomic E-state index is 13.6. The number of benzene rings is 2. The van der Waals surface area contributed by atoms with Crippen molar-refractivity contribution in [2.24, 2.45) is 10.7 Å². The molecule has 6 nitrogen and oxygen atoms in total. The molecule has 2 aromatic rings. The summed E-state index contributed by atoms with van der Waals surface area (Å²) in [5, 5.41) is 0. The number of likely N-dealkylation sites (N-methyl/N-ethyl adjacent to an activating group) is 1. The van der Waals surface area contributed by atoms with Crippen LogP contribution in [-0.2, 0) is 10.3 Å². The average Bonchev–Trinajstić information content (AvgIpc) is 2.94. The Bertz CT molecular complexity index is 1120. The van der Waals surface area contributed by atoms with E-state index in [2.05, 4.69) is 4.85 Å². The fraction of sp³-hybridized carbons (Fsp3) is 0.400. The van der Waals surface area contributed by atoms with E-state index >= 15 is 0 Å². The van der Waals surface area contributed by atoms with Gasteiger partial charge >= 0.3 is 0 Å². The van der Waals surface area contributed by atoms with Crippen LogP contribution >= 0.6 is 0 Å². The van der Waals surface area contributed by atoms with Crippen LogP contribution in [0.1, 0.15) is 50.5 Å². The molecular weight excluding hydrogens is 388 g/mol. The number of nitrogens with two attached hydrogens (primary N) is 1. The molecule has 1 unspecified atom stereocenters. The zero-order chi connectivity index (χ0) is 21.6. The molecule has 1 amide bonds. The Kier molecular flexibility index (Phi) is 4.51. The summed E-state index contributed by atoms with van der Waals surface area (Å²) in [5.74, 6) is 0.880. The van der Waals surface area contributed by atoms with Crippen LogP contribution in [0, 0.1) is 6.57 Å². The van der Waals surface area contributed by atoms with Crippen molar-refractivity contribution in [2.45, 2.75) is 56.1 Å². The highest BCUT2D eigenvalue weighted by molar-refractivity contribution is 6.07. The highest BCUT2D eigenvalue weighted by Gasteiger charge is 2.57. The molecule has 0 aromatic heterocycles. The van der Waals surface area contributed by atoms with Crippen LogP contribution < -0.4 is 10.5 Å². The van der Waals surface area contributed by atoms with Gasteiger partial charge < -0.3 is 10.5 Å². The zero-order valence-electron chi connectivity index (χ0n) is 17.7. The molecular formula is C25H26N4O2. The molecule has 158 valence electrons. The average molecular weight is 415 g/mol. The van der Waals surface area contributed by atoms with Crippen LogP contribution in [0.25, 0.3) is 16.0 Å². The summed E-state index contributed by atoms with van der Waals surface area (Å²) in [6.07, 6.45) is 6.95. The fourth-order valence-electron chi connectivity index (χ4n) is 5.35. The Morgan fingerprint density at radius 3 is 2.52 bits per heavy atom. The van der Waals surface area contributed by atoms with Crippen molar-refractivity contribution >= 4 is 17.6 Å². The Morgan fingerprint density at radius 1 is 1.10 bits per heavy atom. The predicted octanol–water partition coefficient (Wildman–Crippen LogP) is 4.76. The second kappa shape index (κ2) is 7.12. The molecule has 2 aliphatic heterocycles. The minimum Gasteiger partial charge on any atom is -0.487 e. The zero-order valence-corrected chi connectivity index (χ0v) is 17.7. The number of hydrogen-bond donors (Lipinski definition) is 1. The molecule has 0 saturated heterocycles. The summed E-state index contributed by atoms with van der Waals surface area (Å²) in [4.78, 5) is 23.3. The van der Waals surface area contributed by atoms with E-state index in [-0.39, 0.29) is 17.5 Å². The van der Waals surface area contributed by atoms with Crippen LogP contribution in [0.15, 0.2) is 47.5 Å². The first-order chi connectivity index (χ1) is 15.0. The number of nitrogens with zero attached hydrogens (tertiary/aromatic N) is 3. The largest absolute Gasteiger partial charge is 0.487 e. The van der Waals surface area contributed by atoms with E-state index in [1.807, 2.05) is 36.4 Å². The molecule has 0 radical (unpaired) electrons. The molecule has 2 heterocycles. The first-order valence-electron chi connectivity index (χ1n) is 10.9. The number of amides is 1. The van der Waals surface area contributed by atoms with Gasteiger partial charge in [-0.2, -0.15) is 0 Å². The van der Waals surface area contributed by atoms with Gasteiger partial charge in [0.15, 0.2) is 17.2 Å².